The highest BCUT2D eigenvalue weighted by atomic mass is 16.4. The quantitative estimate of drug-likeness (QED) is 0.757. The number of Topliss-reactive ketones (excluding diaryl/α,β-unsaturated/α-hetero) is 1. The molecule has 1 unspecified atom stereocenters. The van der Waals surface area contributed by atoms with Crippen LogP contribution in [-0.2, 0) is 4.79 Å². The Hall–Kier alpha value is -1.88. The molecule has 0 aliphatic heterocycles. The molecule has 5 nitrogen and oxygen atoms in total. The van der Waals surface area contributed by atoms with Crippen LogP contribution in [0.1, 0.15) is 42.5 Å². The van der Waals surface area contributed by atoms with Gasteiger partial charge in [0.05, 0.1) is 12.5 Å². The second kappa shape index (κ2) is 7.40. The summed E-state index contributed by atoms with van der Waals surface area (Å²) in [6.07, 6.45) is 4.14. The summed E-state index contributed by atoms with van der Waals surface area (Å²) in [5.41, 5.74) is 1.57. The number of ketones is 1. The van der Waals surface area contributed by atoms with Crippen molar-refractivity contribution in [2.45, 2.75) is 44.2 Å². The molecule has 1 aromatic carbocycles. The summed E-state index contributed by atoms with van der Waals surface area (Å²) in [5, 5.41) is 12.3. The number of benzene rings is 1. The number of carbonyl (C=O) groups excluding carboxylic acids is 1. The molecular weight excluding hydrogens is 280 g/mol. The van der Waals surface area contributed by atoms with Crippen LogP contribution < -0.4 is 10.2 Å². The molecule has 0 amide bonds. The Balaban J connectivity index is 2.10. The largest absolute Gasteiger partial charge is 0.481 e. The topological polar surface area (TPSA) is 69.6 Å². The average Bonchev–Trinajstić information content (AvgIpc) is 2.98. The minimum atomic E-state index is -0.950. The van der Waals surface area contributed by atoms with E-state index in [4.69, 9.17) is 5.11 Å². The smallest absolute Gasteiger partial charge is 0.305 e. The van der Waals surface area contributed by atoms with E-state index in [0.717, 1.165) is 31.4 Å². The van der Waals surface area contributed by atoms with E-state index >= 15 is 0 Å². The summed E-state index contributed by atoms with van der Waals surface area (Å²) < 4.78 is 0. The lowest BCUT2D eigenvalue weighted by Crippen LogP contribution is -2.43. The average molecular weight is 304 g/mol. The van der Waals surface area contributed by atoms with Crippen LogP contribution in [0.25, 0.3) is 0 Å². The van der Waals surface area contributed by atoms with Gasteiger partial charge in [0.15, 0.2) is 5.78 Å². The van der Waals surface area contributed by atoms with Gasteiger partial charge in [-0.05, 0) is 37.1 Å². The van der Waals surface area contributed by atoms with Crippen LogP contribution >= 0.6 is 0 Å². The molecule has 0 aromatic heterocycles. The fourth-order valence-corrected chi connectivity index (χ4v) is 2.90. The zero-order valence-electron chi connectivity index (χ0n) is 13.2. The Labute approximate surface area is 131 Å². The van der Waals surface area contributed by atoms with E-state index in [0.29, 0.717) is 5.56 Å². The van der Waals surface area contributed by atoms with Gasteiger partial charge in [0, 0.05) is 31.4 Å². The monoisotopic (exact) mass is 304 g/mol. The molecular formula is C17H24N2O3. The van der Waals surface area contributed by atoms with Gasteiger partial charge in [0.25, 0.3) is 0 Å². The van der Waals surface area contributed by atoms with Crippen molar-refractivity contribution in [2.24, 2.45) is 0 Å². The minimum Gasteiger partial charge on any atom is -0.481 e. The van der Waals surface area contributed by atoms with E-state index in [2.05, 4.69) is 5.32 Å². The van der Waals surface area contributed by atoms with Gasteiger partial charge in [-0.25, -0.2) is 0 Å². The predicted octanol–water partition coefficient (Wildman–Crippen LogP) is 2.31. The number of aliphatic carboxylic acids is 1. The van der Waals surface area contributed by atoms with Crippen molar-refractivity contribution in [1.82, 2.24) is 5.32 Å². The van der Waals surface area contributed by atoms with E-state index < -0.39 is 12.0 Å². The molecule has 1 fully saturated rings. The predicted molar refractivity (Wildman–Crippen MR) is 86.5 cm³/mol. The maximum atomic E-state index is 12.6. The van der Waals surface area contributed by atoms with Crippen molar-refractivity contribution >= 4 is 17.4 Å². The fraction of sp³-hybridized carbons (Fsp3) is 0.529. The number of hydrogen-bond donors (Lipinski definition) is 2. The van der Waals surface area contributed by atoms with Gasteiger partial charge in [0.1, 0.15) is 0 Å². The summed E-state index contributed by atoms with van der Waals surface area (Å²) in [6.45, 7) is 0. The lowest BCUT2D eigenvalue weighted by Gasteiger charge is -2.21. The van der Waals surface area contributed by atoms with Crippen LogP contribution in [0, 0.1) is 0 Å². The minimum absolute atomic E-state index is 0.139. The number of nitrogens with one attached hydrogen (secondary N) is 1. The molecule has 1 atom stereocenters. The number of carboxylic acids is 1. The van der Waals surface area contributed by atoms with Gasteiger partial charge < -0.3 is 15.3 Å². The van der Waals surface area contributed by atoms with Crippen LogP contribution in [0.2, 0.25) is 0 Å². The van der Waals surface area contributed by atoms with Gasteiger partial charge in [-0.15, -0.1) is 0 Å². The molecule has 1 aliphatic rings. The van der Waals surface area contributed by atoms with Gasteiger partial charge in [-0.2, -0.15) is 0 Å². The number of carboxylic acid groups (broad SMARTS) is 1. The highest BCUT2D eigenvalue weighted by Gasteiger charge is 2.27. The normalized spacial score (nSPS) is 16.5. The third-order valence-corrected chi connectivity index (χ3v) is 4.16. The summed E-state index contributed by atoms with van der Waals surface area (Å²) in [5.74, 6) is -1.09. The molecule has 0 radical (unpaired) electrons. The molecule has 1 saturated carbocycles. The number of carbonyl (C=O) groups is 2. The Morgan fingerprint density at radius 3 is 2.32 bits per heavy atom. The molecule has 0 saturated heterocycles. The zero-order chi connectivity index (χ0) is 16.1. The first-order valence-corrected chi connectivity index (χ1v) is 7.77. The molecule has 22 heavy (non-hydrogen) atoms. The molecule has 0 spiro atoms. The van der Waals surface area contributed by atoms with Crippen molar-refractivity contribution < 1.29 is 14.7 Å². The molecule has 0 bridgehead atoms. The Bertz CT molecular complexity index is 519. The SMILES string of the molecule is CN(C)c1ccc(C(=O)C(CC(=O)O)NC2CCCC2)cc1. The van der Waals surface area contributed by atoms with Crippen molar-refractivity contribution in [3.8, 4) is 0 Å². The molecule has 1 aliphatic carbocycles. The van der Waals surface area contributed by atoms with Gasteiger partial charge >= 0.3 is 5.97 Å². The third-order valence-electron chi connectivity index (χ3n) is 4.16. The van der Waals surface area contributed by atoms with Gasteiger partial charge in [-0.3, -0.25) is 9.59 Å². The van der Waals surface area contributed by atoms with Crippen molar-refractivity contribution in [3.05, 3.63) is 29.8 Å². The van der Waals surface area contributed by atoms with Crippen LogP contribution in [0.15, 0.2) is 24.3 Å². The highest BCUT2D eigenvalue weighted by molar-refractivity contribution is 6.02. The van der Waals surface area contributed by atoms with Crippen molar-refractivity contribution in [2.75, 3.05) is 19.0 Å². The van der Waals surface area contributed by atoms with E-state index in [9.17, 15) is 9.59 Å². The van der Waals surface area contributed by atoms with Crippen LogP contribution in [-0.4, -0.2) is 43.0 Å². The summed E-state index contributed by atoms with van der Waals surface area (Å²) in [4.78, 5) is 25.6. The summed E-state index contributed by atoms with van der Waals surface area (Å²) >= 11 is 0. The second-order valence-electron chi connectivity index (χ2n) is 6.10. The van der Waals surface area contributed by atoms with Gasteiger partial charge in [-0.1, -0.05) is 12.8 Å². The Morgan fingerprint density at radius 1 is 1.23 bits per heavy atom. The molecule has 2 N–H and O–H groups in total. The van der Waals surface area contributed by atoms with Crippen LogP contribution in [0.3, 0.4) is 0 Å². The number of rotatable bonds is 7. The molecule has 120 valence electrons. The first-order chi connectivity index (χ1) is 10.5. The van der Waals surface area contributed by atoms with Crippen molar-refractivity contribution in [3.63, 3.8) is 0 Å². The number of nitrogens with zero attached hydrogens (tertiary/aromatic N) is 1. The second-order valence-corrected chi connectivity index (χ2v) is 6.10. The Morgan fingerprint density at radius 2 is 1.82 bits per heavy atom. The first-order valence-electron chi connectivity index (χ1n) is 7.77. The maximum Gasteiger partial charge on any atom is 0.305 e. The summed E-state index contributed by atoms with van der Waals surface area (Å²) in [7, 11) is 3.87. The van der Waals surface area contributed by atoms with Crippen LogP contribution in [0.4, 0.5) is 5.69 Å². The molecule has 1 aromatic rings. The number of hydrogen-bond acceptors (Lipinski definition) is 4. The standard InChI is InChI=1S/C17H24N2O3/c1-19(2)14-9-7-12(8-10-14)17(22)15(11-16(20)21)18-13-5-3-4-6-13/h7-10,13,15,18H,3-6,11H2,1-2H3,(H,20,21). The van der Waals surface area contributed by atoms with Crippen LogP contribution in [0.5, 0.6) is 0 Å². The van der Waals surface area contributed by atoms with E-state index in [1.807, 2.05) is 31.1 Å². The molecule has 5 heteroatoms. The molecule has 0 heterocycles. The maximum absolute atomic E-state index is 12.6. The fourth-order valence-electron chi connectivity index (χ4n) is 2.90. The first kappa shape index (κ1) is 16.5. The Kier molecular flexibility index (Phi) is 5.55. The van der Waals surface area contributed by atoms with Gasteiger partial charge in [0.2, 0.25) is 0 Å². The van der Waals surface area contributed by atoms with E-state index in [1.54, 1.807) is 12.1 Å². The third kappa shape index (κ3) is 4.31. The summed E-state index contributed by atoms with van der Waals surface area (Å²) in [6, 6.07) is 6.90. The zero-order valence-corrected chi connectivity index (χ0v) is 13.2. The lowest BCUT2D eigenvalue weighted by molar-refractivity contribution is -0.137. The van der Waals surface area contributed by atoms with E-state index in [-0.39, 0.29) is 18.2 Å². The lowest BCUT2D eigenvalue weighted by atomic mass is 10.00. The van der Waals surface area contributed by atoms with Crippen molar-refractivity contribution in [1.29, 1.82) is 0 Å². The number of anilines is 1. The molecule has 2 rings (SSSR count). The van der Waals surface area contributed by atoms with E-state index in [1.165, 1.54) is 0 Å². The highest BCUT2D eigenvalue weighted by Crippen LogP contribution is 2.20.